The standard InChI is InChI=1S/C25H24F3N3O4/c26-25(27,28)20-10-19(3-1-17(20)11-29)30-7-5-24(6-8-30)14-31(12-18(24)13-32)23(33)16-2-4-21-22(9-16)35-15-34-21/h1-4,9-10,18,32H,5-8,12-15H2. The zero-order valence-corrected chi connectivity index (χ0v) is 18.8. The number of aliphatic hydroxyl groups excluding tert-OH is 1. The smallest absolute Gasteiger partial charge is 0.417 e. The van der Waals surface area contributed by atoms with Crippen LogP contribution in [0.3, 0.4) is 0 Å². The van der Waals surface area contributed by atoms with Gasteiger partial charge in [-0.15, -0.1) is 0 Å². The SMILES string of the molecule is N#Cc1ccc(N2CCC3(CC2)CN(C(=O)c2ccc4c(c2)OCO4)CC3CO)cc1C(F)(F)F. The highest BCUT2D eigenvalue weighted by atomic mass is 19.4. The molecule has 1 amide bonds. The molecule has 0 aliphatic carbocycles. The molecule has 5 rings (SSSR count). The van der Waals surface area contributed by atoms with Gasteiger partial charge in [0.15, 0.2) is 11.5 Å². The van der Waals surface area contributed by atoms with Crippen LogP contribution in [0.5, 0.6) is 11.5 Å². The van der Waals surface area contributed by atoms with E-state index in [9.17, 15) is 23.1 Å². The van der Waals surface area contributed by atoms with Crippen molar-refractivity contribution < 1.29 is 32.5 Å². The highest BCUT2D eigenvalue weighted by Crippen LogP contribution is 2.46. The van der Waals surface area contributed by atoms with Crippen LogP contribution in [0.2, 0.25) is 0 Å². The normalized spacial score (nSPS) is 20.8. The Morgan fingerprint density at radius 2 is 1.89 bits per heavy atom. The number of carbonyl (C=O) groups is 1. The fourth-order valence-corrected chi connectivity index (χ4v) is 5.49. The topological polar surface area (TPSA) is 86.0 Å². The summed E-state index contributed by atoms with van der Waals surface area (Å²) in [5, 5.41) is 19.1. The van der Waals surface area contributed by atoms with Crippen molar-refractivity contribution in [1.29, 1.82) is 5.26 Å². The Morgan fingerprint density at radius 1 is 1.14 bits per heavy atom. The molecule has 3 aliphatic heterocycles. The second-order valence-corrected chi connectivity index (χ2v) is 9.32. The number of nitrogens with zero attached hydrogens (tertiary/aromatic N) is 3. The van der Waals surface area contributed by atoms with Gasteiger partial charge in [0.25, 0.3) is 5.91 Å². The summed E-state index contributed by atoms with van der Waals surface area (Å²) in [6, 6.07) is 10.5. The molecule has 2 aromatic rings. The minimum absolute atomic E-state index is 0.0694. The van der Waals surface area contributed by atoms with Crippen molar-refractivity contribution in [1.82, 2.24) is 4.90 Å². The number of piperidine rings is 1. The molecule has 2 saturated heterocycles. The number of aliphatic hydroxyl groups is 1. The molecule has 2 aromatic carbocycles. The van der Waals surface area contributed by atoms with Gasteiger partial charge in [-0.05, 0) is 54.7 Å². The number of hydrogen-bond donors (Lipinski definition) is 1. The third-order valence-corrected chi connectivity index (χ3v) is 7.49. The van der Waals surface area contributed by atoms with E-state index in [4.69, 9.17) is 14.7 Å². The number of ether oxygens (including phenoxy) is 2. The third-order valence-electron chi connectivity index (χ3n) is 7.49. The van der Waals surface area contributed by atoms with Crippen LogP contribution >= 0.6 is 0 Å². The lowest BCUT2D eigenvalue weighted by molar-refractivity contribution is -0.137. The van der Waals surface area contributed by atoms with Crippen LogP contribution in [0, 0.1) is 22.7 Å². The summed E-state index contributed by atoms with van der Waals surface area (Å²) in [4.78, 5) is 16.8. The molecule has 0 bridgehead atoms. The number of likely N-dealkylation sites (tertiary alicyclic amines) is 1. The summed E-state index contributed by atoms with van der Waals surface area (Å²) in [6.07, 6.45) is -3.35. The van der Waals surface area contributed by atoms with Gasteiger partial charge < -0.3 is 24.4 Å². The van der Waals surface area contributed by atoms with Gasteiger partial charge in [0.1, 0.15) is 0 Å². The molecule has 2 fully saturated rings. The van der Waals surface area contributed by atoms with Gasteiger partial charge in [-0.3, -0.25) is 4.79 Å². The first-order valence-electron chi connectivity index (χ1n) is 11.4. The number of fused-ring (bicyclic) bond motifs is 1. The predicted molar refractivity (Wildman–Crippen MR) is 119 cm³/mol. The quantitative estimate of drug-likeness (QED) is 0.712. The molecular weight excluding hydrogens is 463 g/mol. The van der Waals surface area contributed by atoms with Crippen molar-refractivity contribution >= 4 is 11.6 Å². The van der Waals surface area contributed by atoms with Crippen LogP contribution in [-0.4, -0.2) is 55.5 Å². The Morgan fingerprint density at radius 3 is 2.57 bits per heavy atom. The molecular formula is C25H24F3N3O4. The van der Waals surface area contributed by atoms with Gasteiger partial charge in [0.05, 0.1) is 17.2 Å². The van der Waals surface area contributed by atoms with E-state index >= 15 is 0 Å². The number of halogens is 3. The number of benzene rings is 2. The van der Waals surface area contributed by atoms with Crippen molar-refractivity contribution in [2.45, 2.75) is 19.0 Å². The lowest BCUT2D eigenvalue weighted by Crippen LogP contribution is -2.45. The summed E-state index contributed by atoms with van der Waals surface area (Å²) in [5.41, 5.74) is -0.747. The average molecular weight is 487 g/mol. The summed E-state index contributed by atoms with van der Waals surface area (Å²) in [5.74, 6) is 0.853. The van der Waals surface area contributed by atoms with Crippen molar-refractivity contribution in [2.24, 2.45) is 11.3 Å². The zero-order chi connectivity index (χ0) is 24.8. The van der Waals surface area contributed by atoms with Crippen LogP contribution in [0.4, 0.5) is 18.9 Å². The first-order valence-corrected chi connectivity index (χ1v) is 11.4. The highest BCUT2D eigenvalue weighted by Gasteiger charge is 2.49. The minimum atomic E-state index is -4.61. The second kappa shape index (κ2) is 8.64. The first kappa shape index (κ1) is 23.3. The zero-order valence-electron chi connectivity index (χ0n) is 18.8. The minimum Gasteiger partial charge on any atom is -0.454 e. The van der Waals surface area contributed by atoms with E-state index in [1.165, 1.54) is 6.07 Å². The average Bonchev–Trinajstić information content (AvgIpc) is 3.47. The lowest BCUT2D eigenvalue weighted by atomic mass is 9.71. The maximum atomic E-state index is 13.4. The van der Waals surface area contributed by atoms with Crippen LogP contribution in [0.1, 0.15) is 34.3 Å². The van der Waals surface area contributed by atoms with Gasteiger partial charge in [-0.1, -0.05) is 0 Å². The number of amides is 1. The van der Waals surface area contributed by atoms with Crippen LogP contribution in [-0.2, 0) is 6.18 Å². The number of carbonyl (C=O) groups excluding carboxylic acids is 1. The number of anilines is 1. The van der Waals surface area contributed by atoms with E-state index in [0.717, 1.165) is 6.07 Å². The maximum absolute atomic E-state index is 13.4. The molecule has 3 aliphatic rings. The Hall–Kier alpha value is -3.45. The second-order valence-electron chi connectivity index (χ2n) is 9.32. The Bertz CT molecular complexity index is 1190. The Kier molecular flexibility index (Phi) is 5.75. The van der Waals surface area contributed by atoms with Crippen molar-refractivity contribution in [2.75, 3.05) is 44.5 Å². The van der Waals surface area contributed by atoms with Gasteiger partial charge in [-0.2, -0.15) is 18.4 Å². The molecule has 0 aromatic heterocycles. The van der Waals surface area contributed by atoms with Crippen molar-refractivity contribution in [3.63, 3.8) is 0 Å². The monoisotopic (exact) mass is 487 g/mol. The van der Waals surface area contributed by atoms with Crippen LogP contribution in [0.15, 0.2) is 36.4 Å². The molecule has 35 heavy (non-hydrogen) atoms. The van der Waals surface area contributed by atoms with E-state index in [-0.39, 0.29) is 30.6 Å². The van der Waals surface area contributed by atoms with E-state index in [1.54, 1.807) is 35.2 Å². The molecule has 10 heteroatoms. The van der Waals surface area contributed by atoms with Crippen LogP contribution < -0.4 is 14.4 Å². The molecule has 7 nitrogen and oxygen atoms in total. The lowest BCUT2D eigenvalue weighted by Gasteiger charge is -2.43. The fraction of sp³-hybridized carbons (Fsp3) is 0.440. The molecule has 0 saturated carbocycles. The van der Waals surface area contributed by atoms with E-state index in [0.29, 0.717) is 61.8 Å². The van der Waals surface area contributed by atoms with Crippen LogP contribution in [0.25, 0.3) is 0 Å². The van der Waals surface area contributed by atoms with Gasteiger partial charge in [0.2, 0.25) is 6.79 Å². The maximum Gasteiger partial charge on any atom is 0.417 e. The van der Waals surface area contributed by atoms with E-state index in [2.05, 4.69) is 0 Å². The summed E-state index contributed by atoms with van der Waals surface area (Å²) >= 11 is 0. The molecule has 3 heterocycles. The molecule has 0 radical (unpaired) electrons. The number of hydrogen-bond acceptors (Lipinski definition) is 6. The number of alkyl halides is 3. The summed E-state index contributed by atoms with van der Waals surface area (Å²) in [7, 11) is 0. The Balaban J connectivity index is 1.31. The summed E-state index contributed by atoms with van der Waals surface area (Å²) < 4.78 is 50.9. The van der Waals surface area contributed by atoms with Gasteiger partial charge in [0, 0.05) is 50.0 Å². The number of rotatable bonds is 3. The van der Waals surface area contributed by atoms with Crippen molar-refractivity contribution in [3.8, 4) is 17.6 Å². The molecule has 184 valence electrons. The molecule has 1 N–H and O–H groups in total. The van der Waals surface area contributed by atoms with Gasteiger partial charge in [-0.25, -0.2) is 0 Å². The molecule has 1 spiro atoms. The Labute approximate surface area is 200 Å². The predicted octanol–water partition coefficient (Wildman–Crippen LogP) is 3.66. The highest BCUT2D eigenvalue weighted by molar-refractivity contribution is 5.95. The summed E-state index contributed by atoms with van der Waals surface area (Å²) in [6.45, 7) is 1.92. The van der Waals surface area contributed by atoms with E-state index in [1.807, 2.05) is 4.90 Å². The number of nitriles is 1. The fourth-order valence-electron chi connectivity index (χ4n) is 5.49. The van der Waals surface area contributed by atoms with Gasteiger partial charge >= 0.3 is 6.18 Å². The molecule has 1 atom stereocenters. The van der Waals surface area contributed by atoms with Crippen molar-refractivity contribution in [3.05, 3.63) is 53.1 Å². The largest absolute Gasteiger partial charge is 0.454 e. The van der Waals surface area contributed by atoms with E-state index < -0.39 is 17.3 Å². The third kappa shape index (κ3) is 4.14. The first-order chi connectivity index (χ1) is 16.7. The molecule has 1 unspecified atom stereocenters.